The third-order valence-corrected chi connectivity index (χ3v) is 4.12. The molecule has 5 unspecified atom stereocenters. The lowest BCUT2D eigenvalue weighted by molar-refractivity contribution is -0.175. The zero-order chi connectivity index (χ0) is 13.7. The van der Waals surface area contributed by atoms with Crippen molar-refractivity contribution in [2.45, 2.75) is 38.6 Å². The lowest BCUT2D eigenvalue weighted by Gasteiger charge is -2.39. The maximum absolute atomic E-state index is 12.1. The summed E-state index contributed by atoms with van der Waals surface area (Å²) in [6, 6.07) is 0. The number of carbonyl (C=O) groups is 3. The number of hydrogen-bond donors (Lipinski definition) is 1. The van der Waals surface area contributed by atoms with Crippen LogP contribution in [0.5, 0.6) is 0 Å². The molecule has 0 amide bonds. The molecule has 5 atom stereocenters. The molecule has 1 saturated carbocycles. The van der Waals surface area contributed by atoms with E-state index in [1.807, 2.05) is 0 Å². The van der Waals surface area contributed by atoms with Crippen molar-refractivity contribution in [3.8, 4) is 0 Å². The van der Waals surface area contributed by atoms with Crippen molar-refractivity contribution in [2.24, 2.45) is 11.3 Å². The van der Waals surface area contributed by atoms with E-state index in [1.54, 1.807) is 6.92 Å². The number of aliphatic hydroxyl groups is 1. The molecule has 0 aromatic heterocycles. The van der Waals surface area contributed by atoms with Crippen LogP contribution in [0, 0.1) is 11.3 Å². The minimum Gasteiger partial charge on any atom is -0.468 e. The lowest BCUT2D eigenvalue weighted by Crippen LogP contribution is -2.59. The summed E-state index contributed by atoms with van der Waals surface area (Å²) in [4.78, 5) is 35.5. The Balaban J connectivity index is 2.58. The molecule has 1 saturated heterocycles. The van der Waals surface area contributed by atoms with Crippen molar-refractivity contribution >= 4 is 17.5 Å². The number of esters is 1. The molecule has 6 heteroatoms. The van der Waals surface area contributed by atoms with Crippen LogP contribution < -0.4 is 0 Å². The highest BCUT2D eigenvalue weighted by atomic mass is 16.5. The van der Waals surface area contributed by atoms with Gasteiger partial charge in [0.25, 0.3) is 0 Å². The second kappa shape index (κ2) is 4.13. The standard InChI is InChI=1S/C12H16O6/c1-5-8-4-7(14)9(15)12(5,11(16)17-3)10(18-8)6(2)13/h5,8-10,15H,4H2,1-3H3. The number of fused-ring (bicyclic) bond motifs is 2. The SMILES string of the molecule is COC(=O)C12C(O)C(=O)CC(OC1C(C)=O)C2C. The van der Waals surface area contributed by atoms with Gasteiger partial charge in [-0.05, 0) is 6.92 Å². The molecule has 2 fully saturated rings. The van der Waals surface area contributed by atoms with E-state index in [4.69, 9.17) is 9.47 Å². The molecule has 0 spiro atoms. The third-order valence-electron chi connectivity index (χ3n) is 4.12. The normalized spacial score (nSPS) is 42.8. The molecule has 2 aliphatic rings. The molecule has 6 nitrogen and oxygen atoms in total. The van der Waals surface area contributed by atoms with Gasteiger partial charge in [-0.15, -0.1) is 0 Å². The summed E-state index contributed by atoms with van der Waals surface area (Å²) < 4.78 is 10.2. The zero-order valence-corrected chi connectivity index (χ0v) is 10.5. The Labute approximate surface area is 104 Å². The van der Waals surface area contributed by atoms with Crippen LogP contribution in [0.4, 0.5) is 0 Å². The van der Waals surface area contributed by atoms with Gasteiger partial charge in [0, 0.05) is 12.3 Å². The smallest absolute Gasteiger partial charge is 0.318 e. The lowest BCUT2D eigenvalue weighted by atomic mass is 9.62. The summed E-state index contributed by atoms with van der Waals surface area (Å²) in [6.07, 6.45) is -3.17. The van der Waals surface area contributed by atoms with Gasteiger partial charge >= 0.3 is 5.97 Å². The van der Waals surface area contributed by atoms with E-state index in [-0.39, 0.29) is 12.2 Å². The molecule has 1 heterocycles. The van der Waals surface area contributed by atoms with Crippen LogP contribution in [-0.2, 0) is 23.9 Å². The molecular formula is C12H16O6. The Morgan fingerprint density at radius 1 is 1.50 bits per heavy atom. The van der Waals surface area contributed by atoms with Crippen molar-refractivity contribution in [1.29, 1.82) is 0 Å². The number of rotatable bonds is 2. The molecule has 100 valence electrons. The number of ketones is 2. The zero-order valence-electron chi connectivity index (χ0n) is 10.5. The van der Waals surface area contributed by atoms with Gasteiger partial charge in [0.15, 0.2) is 11.6 Å². The molecule has 0 aromatic rings. The predicted octanol–water partition coefficient (Wildman–Crippen LogP) is -0.528. The van der Waals surface area contributed by atoms with Gasteiger partial charge in [-0.25, -0.2) is 0 Å². The van der Waals surface area contributed by atoms with E-state index in [1.165, 1.54) is 14.0 Å². The summed E-state index contributed by atoms with van der Waals surface area (Å²) in [5.74, 6) is -2.07. The summed E-state index contributed by atoms with van der Waals surface area (Å²) in [7, 11) is 1.17. The first-order valence-corrected chi connectivity index (χ1v) is 5.82. The molecular weight excluding hydrogens is 240 g/mol. The Kier molecular flexibility index (Phi) is 3.03. The van der Waals surface area contributed by atoms with Gasteiger partial charge in [-0.1, -0.05) is 6.92 Å². The molecule has 0 aromatic carbocycles. The first-order valence-electron chi connectivity index (χ1n) is 5.82. The molecule has 1 aliphatic carbocycles. The number of Topliss-reactive ketones (excluding diaryl/α,β-unsaturated/α-hetero) is 2. The highest BCUT2D eigenvalue weighted by Gasteiger charge is 2.69. The second-order valence-electron chi connectivity index (χ2n) is 4.95. The summed E-state index contributed by atoms with van der Waals surface area (Å²) in [5.41, 5.74) is -1.60. The molecule has 2 bridgehead atoms. The van der Waals surface area contributed by atoms with Crippen molar-refractivity contribution < 1.29 is 29.0 Å². The van der Waals surface area contributed by atoms with Gasteiger partial charge in [-0.2, -0.15) is 0 Å². The van der Waals surface area contributed by atoms with Crippen molar-refractivity contribution in [2.75, 3.05) is 7.11 Å². The topological polar surface area (TPSA) is 89.9 Å². The first kappa shape index (κ1) is 13.2. The average Bonchev–Trinajstić information content (AvgIpc) is 2.55. The summed E-state index contributed by atoms with van der Waals surface area (Å²) in [5, 5.41) is 10.1. The van der Waals surface area contributed by atoms with E-state index in [0.717, 1.165) is 0 Å². The second-order valence-corrected chi connectivity index (χ2v) is 4.95. The van der Waals surface area contributed by atoms with Gasteiger partial charge < -0.3 is 14.6 Å². The maximum atomic E-state index is 12.1. The average molecular weight is 256 g/mol. The van der Waals surface area contributed by atoms with Gasteiger partial charge in [0.1, 0.15) is 17.6 Å². The Morgan fingerprint density at radius 2 is 2.11 bits per heavy atom. The van der Waals surface area contributed by atoms with Crippen LogP contribution in [0.15, 0.2) is 0 Å². The molecule has 1 N–H and O–H groups in total. The molecule has 18 heavy (non-hydrogen) atoms. The van der Waals surface area contributed by atoms with E-state index >= 15 is 0 Å². The van der Waals surface area contributed by atoms with E-state index in [9.17, 15) is 19.5 Å². The number of aliphatic hydroxyl groups excluding tert-OH is 1. The van der Waals surface area contributed by atoms with Crippen LogP contribution in [0.1, 0.15) is 20.3 Å². The quantitative estimate of drug-likeness (QED) is 0.668. The van der Waals surface area contributed by atoms with Crippen molar-refractivity contribution in [3.63, 3.8) is 0 Å². The third kappa shape index (κ3) is 1.39. The fourth-order valence-electron chi connectivity index (χ4n) is 3.16. The monoisotopic (exact) mass is 256 g/mol. The predicted molar refractivity (Wildman–Crippen MR) is 58.6 cm³/mol. The minimum atomic E-state index is -1.60. The highest BCUT2D eigenvalue weighted by molar-refractivity contribution is 5.99. The number of methoxy groups -OCH3 is 1. The van der Waals surface area contributed by atoms with Gasteiger partial charge in [-0.3, -0.25) is 14.4 Å². The van der Waals surface area contributed by atoms with E-state index in [2.05, 4.69) is 0 Å². The number of hydrogen-bond acceptors (Lipinski definition) is 6. The van der Waals surface area contributed by atoms with Gasteiger partial charge in [0.05, 0.1) is 13.2 Å². The van der Waals surface area contributed by atoms with E-state index < -0.39 is 41.4 Å². The fraction of sp³-hybridized carbons (Fsp3) is 0.750. The van der Waals surface area contributed by atoms with Crippen molar-refractivity contribution in [3.05, 3.63) is 0 Å². The minimum absolute atomic E-state index is 0.0187. The Morgan fingerprint density at radius 3 is 2.61 bits per heavy atom. The van der Waals surface area contributed by atoms with Crippen LogP contribution in [0.2, 0.25) is 0 Å². The number of ether oxygens (including phenoxy) is 2. The van der Waals surface area contributed by atoms with E-state index in [0.29, 0.717) is 0 Å². The molecule has 2 rings (SSSR count). The molecule has 0 radical (unpaired) electrons. The van der Waals surface area contributed by atoms with Crippen LogP contribution in [-0.4, -0.2) is 48.1 Å². The Hall–Kier alpha value is -1.27. The largest absolute Gasteiger partial charge is 0.468 e. The first-order chi connectivity index (χ1) is 8.37. The molecule has 1 aliphatic heterocycles. The maximum Gasteiger partial charge on any atom is 0.318 e. The van der Waals surface area contributed by atoms with Crippen molar-refractivity contribution in [1.82, 2.24) is 0 Å². The fourth-order valence-corrected chi connectivity index (χ4v) is 3.16. The Bertz CT molecular complexity index is 417. The summed E-state index contributed by atoms with van der Waals surface area (Å²) in [6.45, 7) is 2.97. The van der Waals surface area contributed by atoms with Crippen LogP contribution in [0.25, 0.3) is 0 Å². The number of carbonyl (C=O) groups excluding carboxylic acids is 3. The summed E-state index contributed by atoms with van der Waals surface area (Å²) >= 11 is 0. The highest BCUT2D eigenvalue weighted by Crippen LogP contribution is 2.52. The van der Waals surface area contributed by atoms with Crippen LogP contribution >= 0.6 is 0 Å². The van der Waals surface area contributed by atoms with Gasteiger partial charge in [0.2, 0.25) is 0 Å². The van der Waals surface area contributed by atoms with Crippen LogP contribution in [0.3, 0.4) is 0 Å².